The average molecular weight is 313 g/mol. The number of likely N-dealkylation sites (tertiary alicyclic amines) is 1. The lowest BCUT2D eigenvalue weighted by atomic mass is 10.0. The Morgan fingerprint density at radius 3 is 2.68 bits per heavy atom. The van der Waals surface area contributed by atoms with Crippen LogP contribution in [-0.4, -0.2) is 87.9 Å². The third-order valence-electron chi connectivity index (χ3n) is 4.56. The Balaban J connectivity index is 1.90. The van der Waals surface area contributed by atoms with E-state index in [2.05, 4.69) is 29.2 Å². The van der Waals surface area contributed by atoms with Crippen LogP contribution in [0.4, 0.5) is 0 Å². The molecule has 2 aliphatic rings. The lowest BCUT2D eigenvalue weighted by Gasteiger charge is -2.31. The van der Waals surface area contributed by atoms with E-state index in [0.717, 1.165) is 45.7 Å². The maximum Gasteiger partial charge on any atom is 0.246 e. The Hall–Kier alpha value is -0.690. The van der Waals surface area contributed by atoms with Gasteiger partial charge in [-0.2, -0.15) is 0 Å². The van der Waals surface area contributed by atoms with Crippen molar-refractivity contribution in [3.63, 3.8) is 0 Å². The second-order valence-electron chi connectivity index (χ2n) is 6.63. The number of hydrogen-bond acceptors (Lipinski definition) is 5. The van der Waals surface area contributed by atoms with Gasteiger partial charge in [0.25, 0.3) is 0 Å². The maximum absolute atomic E-state index is 12.0. The van der Waals surface area contributed by atoms with Gasteiger partial charge in [-0.15, -0.1) is 0 Å². The van der Waals surface area contributed by atoms with Crippen molar-refractivity contribution in [3.8, 4) is 0 Å². The van der Waals surface area contributed by atoms with Crippen molar-refractivity contribution < 1.29 is 14.3 Å². The van der Waals surface area contributed by atoms with Crippen LogP contribution in [0, 0.1) is 5.92 Å². The Morgan fingerprint density at radius 1 is 1.32 bits per heavy atom. The summed E-state index contributed by atoms with van der Waals surface area (Å²) in [5.41, 5.74) is 0. The molecule has 1 amide bonds. The smallest absolute Gasteiger partial charge is 0.246 e. The summed E-state index contributed by atoms with van der Waals surface area (Å²) < 4.78 is 10.7. The van der Waals surface area contributed by atoms with E-state index in [4.69, 9.17) is 9.47 Å². The van der Waals surface area contributed by atoms with E-state index in [1.807, 2.05) is 6.92 Å². The summed E-state index contributed by atoms with van der Waals surface area (Å²) in [7, 11) is 4.19. The van der Waals surface area contributed by atoms with Gasteiger partial charge in [0.15, 0.2) is 0 Å². The van der Waals surface area contributed by atoms with Crippen LogP contribution in [0.25, 0.3) is 0 Å². The normalized spacial score (nSPS) is 27.5. The number of carbonyl (C=O) groups is 1. The number of nitrogens with zero attached hydrogens (tertiary/aromatic N) is 2. The Morgan fingerprint density at radius 2 is 2.05 bits per heavy atom. The van der Waals surface area contributed by atoms with E-state index in [1.54, 1.807) is 0 Å². The van der Waals surface area contributed by atoms with E-state index in [0.29, 0.717) is 18.6 Å². The van der Waals surface area contributed by atoms with Gasteiger partial charge in [-0.25, -0.2) is 0 Å². The molecule has 0 aromatic carbocycles. The molecule has 2 atom stereocenters. The molecule has 0 radical (unpaired) electrons. The first-order valence-corrected chi connectivity index (χ1v) is 8.43. The topological polar surface area (TPSA) is 54.0 Å². The summed E-state index contributed by atoms with van der Waals surface area (Å²) in [5.74, 6) is 0.479. The number of amides is 1. The molecule has 0 aliphatic carbocycles. The van der Waals surface area contributed by atoms with Crippen molar-refractivity contribution in [2.24, 2.45) is 5.92 Å². The first kappa shape index (κ1) is 17.7. The molecule has 2 heterocycles. The summed E-state index contributed by atoms with van der Waals surface area (Å²) in [6, 6.07) is 0.824. The average Bonchev–Trinajstić information content (AvgIpc) is 2.88. The van der Waals surface area contributed by atoms with E-state index < -0.39 is 0 Å². The van der Waals surface area contributed by atoms with Crippen molar-refractivity contribution in [1.29, 1.82) is 0 Å². The van der Waals surface area contributed by atoms with Crippen LogP contribution >= 0.6 is 0 Å². The van der Waals surface area contributed by atoms with Gasteiger partial charge in [0.05, 0.1) is 0 Å². The number of hydrogen-bond donors (Lipinski definition) is 1. The van der Waals surface area contributed by atoms with Crippen molar-refractivity contribution in [1.82, 2.24) is 15.1 Å². The molecular weight excluding hydrogens is 282 g/mol. The molecule has 0 saturated carbocycles. The van der Waals surface area contributed by atoms with E-state index in [-0.39, 0.29) is 18.6 Å². The third-order valence-corrected chi connectivity index (χ3v) is 4.56. The van der Waals surface area contributed by atoms with Gasteiger partial charge in [0.2, 0.25) is 5.91 Å². The highest BCUT2D eigenvalue weighted by Crippen LogP contribution is 2.24. The summed E-state index contributed by atoms with van der Waals surface area (Å²) >= 11 is 0. The lowest BCUT2D eigenvalue weighted by Crippen LogP contribution is -2.45. The Kier molecular flexibility index (Phi) is 7.08. The highest BCUT2D eigenvalue weighted by atomic mass is 16.5. The van der Waals surface area contributed by atoms with Crippen molar-refractivity contribution in [2.45, 2.75) is 31.8 Å². The SMILES string of the molecule is CCOCC(=O)N[C@@H]1CN(C2CCOCC2)C[C@H]1CN(C)C. The predicted molar refractivity (Wildman–Crippen MR) is 85.9 cm³/mol. The molecule has 0 aromatic rings. The van der Waals surface area contributed by atoms with Crippen LogP contribution in [0.1, 0.15) is 19.8 Å². The van der Waals surface area contributed by atoms with Crippen LogP contribution in [0.5, 0.6) is 0 Å². The molecule has 0 unspecified atom stereocenters. The lowest BCUT2D eigenvalue weighted by molar-refractivity contribution is -0.126. The predicted octanol–water partition coefficient (Wildman–Crippen LogP) is 0.180. The van der Waals surface area contributed by atoms with Crippen LogP contribution in [0.2, 0.25) is 0 Å². The molecule has 6 nitrogen and oxygen atoms in total. The molecule has 0 spiro atoms. The zero-order valence-electron chi connectivity index (χ0n) is 14.2. The third kappa shape index (κ3) is 5.19. The van der Waals surface area contributed by atoms with Crippen LogP contribution in [0.15, 0.2) is 0 Å². The van der Waals surface area contributed by atoms with Crippen molar-refractivity contribution in [3.05, 3.63) is 0 Å². The first-order chi connectivity index (χ1) is 10.6. The molecule has 2 saturated heterocycles. The minimum atomic E-state index is 0.00411. The van der Waals surface area contributed by atoms with Crippen LogP contribution < -0.4 is 5.32 Å². The second-order valence-corrected chi connectivity index (χ2v) is 6.63. The van der Waals surface area contributed by atoms with Gasteiger partial charge >= 0.3 is 0 Å². The highest BCUT2D eigenvalue weighted by molar-refractivity contribution is 5.77. The van der Waals surface area contributed by atoms with Crippen molar-refractivity contribution >= 4 is 5.91 Å². The van der Waals surface area contributed by atoms with Gasteiger partial charge in [0.1, 0.15) is 6.61 Å². The fourth-order valence-corrected chi connectivity index (χ4v) is 3.51. The quantitative estimate of drug-likeness (QED) is 0.727. The first-order valence-electron chi connectivity index (χ1n) is 8.43. The molecule has 0 aromatic heterocycles. The summed E-state index contributed by atoms with van der Waals surface area (Å²) in [4.78, 5) is 16.7. The molecule has 2 rings (SSSR count). The molecular formula is C16H31N3O3. The van der Waals surface area contributed by atoms with Crippen molar-refractivity contribution in [2.75, 3.05) is 60.2 Å². The Labute approximate surface area is 134 Å². The maximum atomic E-state index is 12.0. The fraction of sp³-hybridized carbons (Fsp3) is 0.938. The molecule has 2 fully saturated rings. The zero-order chi connectivity index (χ0) is 15.9. The van der Waals surface area contributed by atoms with Gasteiger partial charge in [0, 0.05) is 57.5 Å². The van der Waals surface area contributed by atoms with Crippen LogP contribution in [0.3, 0.4) is 0 Å². The molecule has 128 valence electrons. The van der Waals surface area contributed by atoms with E-state index >= 15 is 0 Å². The molecule has 22 heavy (non-hydrogen) atoms. The number of rotatable bonds is 7. The summed E-state index contributed by atoms with van der Waals surface area (Å²) in [6.07, 6.45) is 2.21. The molecule has 6 heteroatoms. The zero-order valence-corrected chi connectivity index (χ0v) is 14.2. The van der Waals surface area contributed by atoms with Gasteiger partial charge in [-0.05, 0) is 33.9 Å². The molecule has 0 bridgehead atoms. The van der Waals surface area contributed by atoms with Crippen LogP contribution in [-0.2, 0) is 14.3 Å². The number of ether oxygens (including phenoxy) is 2. The monoisotopic (exact) mass is 313 g/mol. The summed E-state index contributed by atoms with van der Waals surface area (Å²) in [6.45, 7) is 7.38. The largest absolute Gasteiger partial charge is 0.381 e. The van der Waals surface area contributed by atoms with E-state index in [1.165, 1.54) is 0 Å². The highest BCUT2D eigenvalue weighted by Gasteiger charge is 2.37. The van der Waals surface area contributed by atoms with E-state index in [9.17, 15) is 4.79 Å². The van der Waals surface area contributed by atoms with Gasteiger partial charge in [-0.3, -0.25) is 9.69 Å². The number of nitrogens with one attached hydrogen (secondary N) is 1. The Bertz CT molecular complexity index is 346. The second kappa shape index (κ2) is 8.82. The molecule has 2 aliphatic heterocycles. The van der Waals surface area contributed by atoms with Gasteiger partial charge < -0.3 is 19.7 Å². The minimum Gasteiger partial charge on any atom is -0.381 e. The minimum absolute atomic E-state index is 0.00411. The van der Waals surface area contributed by atoms with Gasteiger partial charge in [-0.1, -0.05) is 0 Å². The molecule has 1 N–H and O–H groups in total. The number of carbonyl (C=O) groups excluding carboxylic acids is 1. The summed E-state index contributed by atoms with van der Waals surface area (Å²) in [5, 5.41) is 3.17. The fourth-order valence-electron chi connectivity index (χ4n) is 3.51. The standard InChI is InChI=1S/C16H31N3O3/c1-4-21-12-16(20)17-15-11-19(10-13(15)9-18(2)3)14-5-7-22-8-6-14/h13-15H,4-12H2,1-3H3,(H,17,20)/t13-,15-/m1/s1.